The summed E-state index contributed by atoms with van der Waals surface area (Å²) in [5.41, 5.74) is 3.64. The van der Waals surface area contributed by atoms with E-state index in [4.69, 9.17) is 4.74 Å². The Morgan fingerprint density at radius 2 is 2.05 bits per heavy atom. The van der Waals surface area contributed by atoms with Crippen molar-refractivity contribution < 1.29 is 9.53 Å². The number of carbonyl (C=O) groups is 1. The minimum atomic E-state index is 0.369. The normalized spacial score (nSPS) is 22.1. The number of Topliss-reactive ketones (excluding diaryl/α,β-unsaturated/α-hetero) is 1. The molecule has 1 aromatic rings. The molecule has 0 heterocycles. The van der Waals surface area contributed by atoms with Gasteiger partial charge in [-0.05, 0) is 50.7 Å². The lowest BCUT2D eigenvalue weighted by atomic mass is 9.78. The van der Waals surface area contributed by atoms with Crippen molar-refractivity contribution >= 4 is 5.78 Å². The Bertz CT molecular complexity index is 445. The molecule has 2 nitrogen and oxygen atoms in total. The fraction of sp³-hybridized carbons (Fsp3) is 0.588. The number of hydrogen-bond donors (Lipinski definition) is 0. The summed E-state index contributed by atoms with van der Waals surface area (Å²) in [6.45, 7) is 6.97. The number of ether oxygens (including phenoxy) is 1. The number of benzene rings is 1. The first kappa shape index (κ1) is 14.3. The molecule has 0 aromatic heterocycles. The van der Waals surface area contributed by atoms with Crippen LogP contribution in [0.4, 0.5) is 0 Å². The van der Waals surface area contributed by atoms with Crippen LogP contribution in [0.3, 0.4) is 0 Å². The van der Waals surface area contributed by atoms with Gasteiger partial charge in [0.15, 0.2) is 0 Å². The largest absolute Gasteiger partial charge is 0.378 e. The van der Waals surface area contributed by atoms with Gasteiger partial charge in [0.25, 0.3) is 0 Å². The number of ketones is 1. The highest BCUT2D eigenvalue weighted by atomic mass is 16.5. The maximum Gasteiger partial charge on any atom is 0.137 e. The third-order valence-electron chi connectivity index (χ3n) is 4.00. The first-order chi connectivity index (χ1) is 9.08. The Kier molecular flexibility index (Phi) is 4.76. The lowest BCUT2D eigenvalue weighted by Crippen LogP contribution is -2.33. The van der Waals surface area contributed by atoms with Crippen LogP contribution in [0.1, 0.15) is 42.9 Å². The molecule has 1 aliphatic rings. The molecule has 0 bridgehead atoms. The minimum Gasteiger partial charge on any atom is -0.378 e. The van der Waals surface area contributed by atoms with Gasteiger partial charge >= 0.3 is 0 Å². The van der Waals surface area contributed by atoms with Crippen LogP contribution in [0.2, 0.25) is 0 Å². The summed E-state index contributed by atoms with van der Waals surface area (Å²) in [5, 5.41) is 0. The van der Waals surface area contributed by atoms with E-state index in [0.29, 0.717) is 24.2 Å². The molecule has 2 heteroatoms. The SMILES string of the molecule is CCOC1CC(CC(=O)Cc2cc(C)ccc2C)C1. The van der Waals surface area contributed by atoms with Crippen LogP contribution in [0, 0.1) is 19.8 Å². The molecular weight excluding hydrogens is 236 g/mol. The van der Waals surface area contributed by atoms with Crippen LogP contribution in [-0.2, 0) is 16.0 Å². The Morgan fingerprint density at radius 1 is 1.32 bits per heavy atom. The van der Waals surface area contributed by atoms with E-state index < -0.39 is 0 Å². The van der Waals surface area contributed by atoms with Gasteiger partial charge in [0.1, 0.15) is 5.78 Å². The molecule has 1 fully saturated rings. The van der Waals surface area contributed by atoms with Crippen LogP contribution in [0.15, 0.2) is 18.2 Å². The maximum atomic E-state index is 12.1. The van der Waals surface area contributed by atoms with Crippen molar-refractivity contribution in [2.75, 3.05) is 6.61 Å². The van der Waals surface area contributed by atoms with Crippen LogP contribution < -0.4 is 0 Å². The molecule has 0 saturated heterocycles. The van der Waals surface area contributed by atoms with E-state index in [2.05, 4.69) is 32.0 Å². The molecule has 1 aromatic carbocycles. The lowest BCUT2D eigenvalue weighted by Gasteiger charge is -2.34. The first-order valence-electron chi connectivity index (χ1n) is 7.28. The monoisotopic (exact) mass is 260 g/mol. The second-order valence-electron chi connectivity index (χ2n) is 5.76. The summed E-state index contributed by atoms with van der Waals surface area (Å²) in [6, 6.07) is 6.34. The Hall–Kier alpha value is -1.15. The van der Waals surface area contributed by atoms with Crippen LogP contribution in [0.5, 0.6) is 0 Å². The average molecular weight is 260 g/mol. The summed E-state index contributed by atoms with van der Waals surface area (Å²) < 4.78 is 5.53. The third-order valence-corrected chi connectivity index (χ3v) is 4.00. The second kappa shape index (κ2) is 6.33. The Balaban J connectivity index is 1.80. The minimum absolute atomic E-state index is 0.369. The summed E-state index contributed by atoms with van der Waals surface area (Å²) in [4.78, 5) is 12.1. The van der Waals surface area contributed by atoms with Gasteiger partial charge in [0.2, 0.25) is 0 Å². The zero-order valence-corrected chi connectivity index (χ0v) is 12.2. The molecule has 0 radical (unpaired) electrons. The smallest absolute Gasteiger partial charge is 0.137 e. The second-order valence-corrected chi connectivity index (χ2v) is 5.76. The van der Waals surface area contributed by atoms with E-state index in [-0.39, 0.29) is 0 Å². The molecule has 2 rings (SSSR count). The third kappa shape index (κ3) is 3.90. The molecule has 19 heavy (non-hydrogen) atoms. The summed E-state index contributed by atoms with van der Waals surface area (Å²) in [6.07, 6.45) is 3.84. The van der Waals surface area contributed by atoms with Crippen molar-refractivity contribution in [2.45, 2.75) is 52.6 Å². The fourth-order valence-corrected chi connectivity index (χ4v) is 2.81. The molecule has 0 unspecified atom stereocenters. The van der Waals surface area contributed by atoms with Crippen LogP contribution in [-0.4, -0.2) is 18.5 Å². The number of aryl methyl sites for hydroxylation is 2. The van der Waals surface area contributed by atoms with Crippen molar-refractivity contribution in [1.29, 1.82) is 0 Å². The molecule has 0 spiro atoms. The molecule has 0 aliphatic heterocycles. The molecule has 1 saturated carbocycles. The fourth-order valence-electron chi connectivity index (χ4n) is 2.81. The topological polar surface area (TPSA) is 26.3 Å². The van der Waals surface area contributed by atoms with Crippen molar-refractivity contribution in [3.63, 3.8) is 0 Å². The van der Waals surface area contributed by atoms with Gasteiger partial charge in [-0.2, -0.15) is 0 Å². The molecule has 104 valence electrons. The van der Waals surface area contributed by atoms with E-state index in [0.717, 1.165) is 25.9 Å². The van der Waals surface area contributed by atoms with Crippen molar-refractivity contribution in [3.05, 3.63) is 34.9 Å². The molecule has 1 aliphatic carbocycles. The standard InChI is InChI=1S/C17H24O2/c1-4-19-17-9-14(10-17)8-16(18)11-15-7-12(2)5-6-13(15)3/h5-7,14,17H,4,8-11H2,1-3H3. The maximum absolute atomic E-state index is 12.1. The van der Waals surface area contributed by atoms with Crippen molar-refractivity contribution in [1.82, 2.24) is 0 Å². The molecule has 0 amide bonds. The van der Waals surface area contributed by atoms with E-state index >= 15 is 0 Å². The van der Waals surface area contributed by atoms with Gasteiger partial charge in [0.05, 0.1) is 6.10 Å². The number of rotatable bonds is 6. The lowest BCUT2D eigenvalue weighted by molar-refractivity contribution is -0.121. The highest BCUT2D eigenvalue weighted by Gasteiger charge is 2.30. The van der Waals surface area contributed by atoms with Gasteiger partial charge in [0, 0.05) is 19.4 Å². The summed E-state index contributed by atoms with van der Waals surface area (Å²) in [7, 11) is 0. The van der Waals surface area contributed by atoms with Gasteiger partial charge in [-0.3, -0.25) is 4.79 Å². The van der Waals surface area contributed by atoms with Gasteiger partial charge in [-0.15, -0.1) is 0 Å². The number of hydrogen-bond acceptors (Lipinski definition) is 2. The van der Waals surface area contributed by atoms with Crippen LogP contribution >= 0.6 is 0 Å². The summed E-state index contributed by atoms with van der Waals surface area (Å²) >= 11 is 0. The number of carbonyl (C=O) groups excluding carboxylic acids is 1. The molecule has 0 atom stereocenters. The van der Waals surface area contributed by atoms with Crippen molar-refractivity contribution in [3.8, 4) is 0 Å². The zero-order valence-electron chi connectivity index (χ0n) is 12.2. The quantitative estimate of drug-likeness (QED) is 0.781. The summed E-state index contributed by atoms with van der Waals surface area (Å²) in [5.74, 6) is 0.919. The molecule has 0 N–H and O–H groups in total. The van der Waals surface area contributed by atoms with Gasteiger partial charge in [-0.25, -0.2) is 0 Å². The molecular formula is C17H24O2. The predicted octanol–water partition coefficient (Wildman–Crippen LogP) is 3.62. The van der Waals surface area contributed by atoms with Crippen molar-refractivity contribution in [2.24, 2.45) is 5.92 Å². The van der Waals surface area contributed by atoms with E-state index in [1.165, 1.54) is 16.7 Å². The van der Waals surface area contributed by atoms with Gasteiger partial charge in [-0.1, -0.05) is 23.8 Å². The van der Waals surface area contributed by atoms with E-state index in [9.17, 15) is 4.79 Å². The average Bonchev–Trinajstić information content (AvgIpc) is 2.31. The highest BCUT2D eigenvalue weighted by molar-refractivity contribution is 5.81. The van der Waals surface area contributed by atoms with Crippen LogP contribution in [0.25, 0.3) is 0 Å². The van der Waals surface area contributed by atoms with E-state index in [1.807, 2.05) is 6.92 Å². The Morgan fingerprint density at radius 3 is 2.74 bits per heavy atom. The highest BCUT2D eigenvalue weighted by Crippen LogP contribution is 2.33. The van der Waals surface area contributed by atoms with Gasteiger partial charge < -0.3 is 4.74 Å². The Labute approximate surface area is 116 Å². The van der Waals surface area contributed by atoms with E-state index in [1.54, 1.807) is 0 Å². The zero-order chi connectivity index (χ0) is 13.8. The predicted molar refractivity (Wildman–Crippen MR) is 77.4 cm³/mol. The first-order valence-corrected chi connectivity index (χ1v) is 7.28.